The first-order valence-corrected chi connectivity index (χ1v) is 4.57. The highest BCUT2D eigenvalue weighted by Crippen LogP contribution is 2.18. The Bertz CT molecular complexity index is 437. The molecule has 1 aromatic heterocycles. The standard InChI is InChI=1S/C8H11N5O2/c9-5-3-10-7(12-6(5)14)13-8(15)11-4-1-2-4/h3-4H,1-2,9H2,(H3,10,11,12,13,14,15). The second-order valence-electron chi connectivity index (χ2n) is 3.39. The molecular weight excluding hydrogens is 198 g/mol. The number of nitrogens with one attached hydrogen (secondary N) is 3. The van der Waals surface area contributed by atoms with Crippen molar-refractivity contribution < 1.29 is 4.79 Å². The second kappa shape index (κ2) is 3.60. The minimum absolute atomic E-state index is 0.0168. The maximum absolute atomic E-state index is 11.2. The van der Waals surface area contributed by atoms with Gasteiger partial charge in [-0.3, -0.25) is 15.1 Å². The van der Waals surface area contributed by atoms with E-state index in [4.69, 9.17) is 5.73 Å². The van der Waals surface area contributed by atoms with E-state index < -0.39 is 5.56 Å². The Morgan fingerprint density at radius 3 is 2.93 bits per heavy atom. The van der Waals surface area contributed by atoms with E-state index in [0.29, 0.717) is 0 Å². The van der Waals surface area contributed by atoms with E-state index >= 15 is 0 Å². The van der Waals surface area contributed by atoms with Crippen LogP contribution in [0.4, 0.5) is 16.4 Å². The lowest BCUT2D eigenvalue weighted by Gasteiger charge is -2.04. The van der Waals surface area contributed by atoms with E-state index in [2.05, 4.69) is 20.6 Å². The second-order valence-corrected chi connectivity index (χ2v) is 3.39. The van der Waals surface area contributed by atoms with Gasteiger partial charge < -0.3 is 11.1 Å². The van der Waals surface area contributed by atoms with Crippen molar-refractivity contribution >= 4 is 17.7 Å². The summed E-state index contributed by atoms with van der Waals surface area (Å²) in [5.74, 6) is 0.0901. The summed E-state index contributed by atoms with van der Waals surface area (Å²) in [6.45, 7) is 0. The largest absolute Gasteiger partial charge is 0.393 e. The van der Waals surface area contributed by atoms with Gasteiger partial charge in [0.05, 0.1) is 6.20 Å². The zero-order chi connectivity index (χ0) is 10.8. The Morgan fingerprint density at radius 2 is 2.33 bits per heavy atom. The van der Waals surface area contributed by atoms with E-state index in [1.807, 2.05) is 0 Å². The van der Waals surface area contributed by atoms with Gasteiger partial charge in [0.15, 0.2) is 0 Å². The van der Waals surface area contributed by atoms with Crippen LogP contribution in [0.3, 0.4) is 0 Å². The van der Waals surface area contributed by atoms with Crippen LogP contribution in [0.5, 0.6) is 0 Å². The van der Waals surface area contributed by atoms with Gasteiger partial charge in [0.1, 0.15) is 5.69 Å². The summed E-state index contributed by atoms with van der Waals surface area (Å²) in [7, 11) is 0. The third kappa shape index (κ3) is 2.46. The third-order valence-electron chi connectivity index (χ3n) is 1.97. The summed E-state index contributed by atoms with van der Waals surface area (Å²) in [5.41, 5.74) is 4.83. The van der Waals surface area contributed by atoms with E-state index in [9.17, 15) is 9.59 Å². The Morgan fingerprint density at radius 1 is 1.60 bits per heavy atom. The highest BCUT2D eigenvalue weighted by atomic mass is 16.2. The van der Waals surface area contributed by atoms with Gasteiger partial charge >= 0.3 is 6.03 Å². The number of nitrogen functional groups attached to an aromatic ring is 1. The van der Waals surface area contributed by atoms with Gasteiger partial charge in [0.2, 0.25) is 5.95 Å². The molecule has 1 saturated carbocycles. The number of hydrogen-bond acceptors (Lipinski definition) is 4. The lowest BCUT2D eigenvalue weighted by atomic mass is 10.5. The molecular formula is C8H11N5O2. The fraction of sp³-hybridized carbons (Fsp3) is 0.375. The summed E-state index contributed by atoms with van der Waals surface area (Å²) < 4.78 is 0. The van der Waals surface area contributed by atoms with Crippen LogP contribution >= 0.6 is 0 Å². The van der Waals surface area contributed by atoms with Crippen molar-refractivity contribution in [3.63, 3.8) is 0 Å². The molecule has 1 aliphatic rings. The van der Waals surface area contributed by atoms with Crippen LogP contribution in [-0.4, -0.2) is 22.0 Å². The molecule has 1 aromatic rings. The Kier molecular flexibility index (Phi) is 2.28. The molecule has 1 heterocycles. The van der Waals surface area contributed by atoms with Crippen molar-refractivity contribution in [1.29, 1.82) is 0 Å². The smallest absolute Gasteiger partial charge is 0.321 e. The van der Waals surface area contributed by atoms with E-state index in [1.165, 1.54) is 6.20 Å². The Hall–Kier alpha value is -2.05. The number of anilines is 2. The first kappa shape index (κ1) is 9.50. The molecule has 0 bridgehead atoms. The average molecular weight is 209 g/mol. The minimum atomic E-state index is -0.466. The lowest BCUT2D eigenvalue weighted by Crippen LogP contribution is -2.32. The van der Waals surface area contributed by atoms with Crippen LogP contribution in [0.2, 0.25) is 0 Å². The first-order chi connectivity index (χ1) is 7.15. The minimum Gasteiger partial charge on any atom is -0.393 e. The molecule has 0 unspecified atom stereocenters. The maximum Gasteiger partial charge on any atom is 0.321 e. The number of H-pyrrole nitrogens is 1. The maximum atomic E-state index is 11.2. The monoisotopic (exact) mass is 209 g/mol. The van der Waals surface area contributed by atoms with Crippen molar-refractivity contribution in [2.75, 3.05) is 11.1 Å². The highest BCUT2D eigenvalue weighted by Gasteiger charge is 2.23. The number of carbonyl (C=O) groups is 1. The molecule has 1 fully saturated rings. The molecule has 7 heteroatoms. The summed E-state index contributed by atoms with van der Waals surface area (Å²) in [5, 5.41) is 5.10. The van der Waals surface area contributed by atoms with Crippen LogP contribution in [0, 0.1) is 0 Å². The highest BCUT2D eigenvalue weighted by molar-refractivity contribution is 5.87. The topological polar surface area (TPSA) is 113 Å². The Labute approximate surface area is 85.1 Å². The SMILES string of the molecule is Nc1cnc(NC(=O)NC2CC2)[nH]c1=O. The van der Waals surface area contributed by atoms with Crippen LogP contribution in [0.15, 0.2) is 11.0 Å². The van der Waals surface area contributed by atoms with Gasteiger partial charge in [-0.15, -0.1) is 0 Å². The summed E-state index contributed by atoms with van der Waals surface area (Å²) in [4.78, 5) is 28.4. The molecule has 0 radical (unpaired) electrons. The zero-order valence-electron chi connectivity index (χ0n) is 7.91. The molecule has 0 spiro atoms. The number of carbonyl (C=O) groups excluding carboxylic acids is 1. The van der Waals surface area contributed by atoms with Gasteiger partial charge in [-0.1, -0.05) is 0 Å². The van der Waals surface area contributed by atoms with Gasteiger partial charge in [0, 0.05) is 6.04 Å². The molecule has 2 amide bonds. The van der Waals surface area contributed by atoms with Crippen molar-refractivity contribution in [2.24, 2.45) is 0 Å². The number of nitrogens with zero attached hydrogens (tertiary/aromatic N) is 1. The molecule has 7 nitrogen and oxygen atoms in total. The third-order valence-corrected chi connectivity index (χ3v) is 1.97. The predicted molar refractivity (Wildman–Crippen MR) is 54.4 cm³/mol. The molecule has 1 aliphatic carbocycles. The molecule has 15 heavy (non-hydrogen) atoms. The van der Waals surface area contributed by atoms with Crippen molar-refractivity contribution in [3.8, 4) is 0 Å². The molecule has 5 N–H and O–H groups in total. The van der Waals surface area contributed by atoms with Gasteiger partial charge in [-0.05, 0) is 12.8 Å². The van der Waals surface area contributed by atoms with Crippen molar-refractivity contribution in [2.45, 2.75) is 18.9 Å². The Balaban J connectivity index is 2.00. The number of amides is 2. The van der Waals surface area contributed by atoms with Gasteiger partial charge in [-0.25, -0.2) is 9.78 Å². The lowest BCUT2D eigenvalue weighted by molar-refractivity contribution is 0.251. The normalized spacial score (nSPS) is 14.7. The number of rotatable bonds is 2. The number of hydrogen-bond donors (Lipinski definition) is 4. The molecule has 0 saturated heterocycles. The summed E-state index contributed by atoms with van der Waals surface area (Å²) >= 11 is 0. The summed E-state index contributed by atoms with van der Waals surface area (Å²) in [6.07, 6.45) is 3.20. The number of aromatic amines is 1. The first-order valence-electron chi connectivity index (χ1n) is 4.57. The fourth-order valence-electron chi connectivity index (χ4n) is 1.02. The van der Waals surface area contributed by atoms with Crippen LogP contribution in [-0.2, 0) is 0 Å². The number of nitrogens with two attached hydrogens (primary N) is 1. The van der Waals surface area contributed by atoms with Crippen LogP contribution in [0.1, 0.15) is 12.8 Å². The zero-order valence-corrected chi connectivity index (χ0v) is 7.91. The predicted octanol–water partition coefficient (Wildman–Crippen LogP) is -0.364. The van der Waals surface area contributed by atoms with Crippen molar-refractivity contribution in [1.82, 2.24) is 15.3 Å². The average Bonchev–Trinajstić information content (AvgIpc) is 2.95. The van der Waals surface area contributed by atoms with E-state index in [0.717, 1.165) is 12.8 Å². The molecule has 0 aliphatic heterocycles. The van der Waals surface area contributed by atoms with Crippen LogP contribution in [0.25, 0.3) is 0 Å². The molecule has 0 aromatic carbocycles. The molecule has 0 atom stereocenters. The van der Waals surface area contributed by atoms with Gasteiger partial charge in [0.25, 0.3) is 5.56 Å². The number of aromatic nitrogens is 2. The van der Waals surface area contributed by atoms with E-state index in [-0.39, 0.29) is 23.7 Å². The van der Waals surface area contributed by atoms with Gasteiger partial charge in [-0.2, -0.15) is 0 Å². The quantitative estimate of drug-likeness (QED) is 0.532. The van der Waals surface area contributed by atoms with Crippen molar-refractivity contribution in [3.05, 3.63) is 16.6 Å². The fourth-order valence-corrected chi connectivity index (χ4v) is 1.02. The molecule has 2 rings (SSSR count). The van der Waals surface area contributed by atoms with E-state index in [1.54, 1.807) is 0 Å². The number of urea groups is 1. The van der Waals surface area contributed by atoms with Crippen LogP contribution < -0.4 is 21.9 Å². The summed E-state index contributed by atoms with van der Waals surface area (Å²) in [6, 6.07) is -0.115. The molecule has 80 valence electrons.